The maximum absolute atomic E-state index is 12.3. The van der Waals surface area contributed by atoms with Crippen molar-refractivity contribution in [3.63, 3.8) is 0 Å². The average Bonchev–Trinajstić information content (AvgIpc) is 2.76. The summed E-state index contributed by atoms with van der Waals surface area (Å²) >= 11 is 0. The van der Waals surface area contributed by atoms with Crippen LogP contribution in [-0.2, 0) is 22.4 Å². The average molecular weight is 337 g/mol. The topological polar surface area (TPSA) is 73.7 Å². The Morgan fingerprint density at radius 2 is 1.62 bits per heavy atom. The minimum absolute atomic E-state index is 0.0924. The molecule has 1 amide bonds. The van der Waals surface area contributed by atoms with Gasteiger partial charge < -0.3 is 14.4 Å². The molecule has 0 aromatic carbocycles. The minimum Gasteiger partial charge on any atom is -0.444 e. The van der Waals surface area contributed by atoms with Gasteiger partial charge in [0.05, 0.1) is 18.4 Å². The summed E-state index contributed by atoms with van der Waals surface area (Å²) in [6.07, 6.45) is 1.28. The van der Waals surface area contributed by atoms with E-state index in [4.69, 9.17) is 9.47 Å². The zero-order valence-electron chi connectivity index (χ0n) is 15.5. The summed E-state index contributed by atoms with van der Waals surface area (Å²) in [5.41, 5.74) is 0.498. The molecule has 0 saturated carbocycles. The van der Waals surface area contributed by atoms with Crippen LogP contribution in [0.2, 0.25) is 0 Å². The minimum atomic E-state index is -0.585. The number of amides is 1. The maximum atomic E-state index is 12.3. The van der Waals surface area contributed by atoms with Gasteiger partial charge in [0.2, 0.25) is 0 Å². The quantitative estimate of drug-likeness (QED) is 0.726. The van der Waals surface area contributed by atoms with Gasteiger partial charge in [-0.15, -0.1) is 0 Å². The van der Waals surface area contributed by atoms with Crippen LogP contribution in [0.4, 0.5) is 9.59 Å². The Bertz CT molecular complexity index is 637. The number of carbonyl (C=O) groups is 2. The van der Waals surface area contributed by atoms with E-state index in [0.717, 1.165) is 11.3 Å². The van der Waals surface area contributed by atoms with Crippen LogP contribution in [0.3, 0.4) is 0 Å². The Labute approximate surface area is 142 Å². The molecule has 0 saturated heterocycles. The summed E-state index contributed by atoms with van der Waals surface area (Å²) in [7, 11) is 0. The fraction of sp³-hybridized carbons (Fsp3) is 0.706. The van der Waals surface area contributed by atoms with Crippen LogP contribution in [0, 0.1) is 0 Å². The van der Waals surface area contributed by atoms with Gasteiger partial charge in [0.15, 0.2) is 0 Å². The summed E-state index contributed by atoms with van der Waals surface area (Å²) in [6, 6.07) is -0.0924. The highest BCUT2D eigenvalue weighted by Gasteiger charge is 2.34. The molecule has 0 bridgehead atoms. The van der Waals surface area contributed by atoms with E-state index < -0.39 is 17.3 Å². The van der Waals surface area contributed by atoms with Gasteiger partial charge in [0.25, 0.3) is 0 Å². The first-order valence-electron chi connectivity index (χ1n) is 8.16. The van der Waals surface area contributed by atoms with Crippen LogP contribution in [-0.4, -0.2) is 44.1 Å². The van der Waals surface area contributed by atoms with Gasteiger partial charge in [0.1, 0.15) is 11.2 Å². The molecule has 7 nitrogen and oxygen atoms in total. The molecule has 7 heteroatoms. The first-order valence-corrected chi connectivity index (χ1v) is 8.16. The molecule has 2 rings (SSSR count). The van der Waals surface area contributed by atoms with E-state index in [-0.39, 0.29) is 12.1 Å². The largest absolute Gasteiger partial charge is 0.444 e. The summed E-state index contributed by atoms with van der Waals surface area (Å²) in [5, 5.41) is 4.15. The number of aromatic nitrogens is 2. The number of hydrogen-bond acceptors (Lipinski definition) is 5. The van der Waals surface area contributed by atoms with Crippen LogP contribution >= 0.6 is 0 Å². The van der Waals surface area contributed by atoms with Crippen molar-refractivity contribution in [3.8, 4) is 0 Å². The highest BCUT2D eigenvalue weighted by atomic mass is 16.6. The number of fused-ring (bicyclic) bond motifs is 1. The third-order valence-electron chi connectivity index (χ3n) is 3.51. The van der Waals surface area contributed by atoms with Crippen LogP contribution in [0.15, 0.2) is 6.20 Å². The second-order valence-electron chi connectivity index (χ2n) is 8.17. The van der Waals surface area contributed by atoms with Gasteiger partial charge in [-0.05, 0) is 48.5 Å². The Morgan fingerprint density at radius 3 is 2.17 bits per heavy atom. The molecule has 1 atom stereocenters. The molecule has 1 aliphatic heterocycles. The number of ether oxygens (including phenoxy) is 2. The van der Waals surface area contributed by atoms with Crippen LogP contribution in [0.5, 0.6) is 0 Å². The molecule has 1 unspecified atom stereocenters. The zero-order valence-corrected chi connectivity index (χ0v) is 15.5. The van der Waals surface area contributed by atoms with Gasteiger partial charge in [-0.1, -0.05) is 0 Å². The standard InChI is InChI=1S/C17H27N3O4/c1-11-8-13-12(10-19(11)14(21)23-16(2,3)4)9-18-20(13)15(22)24-17(5,6)7/h9,11H,8,10H2,1-7H3. The lowest BCUT2D eigenvalue weighted by molar-refractivity contribution is 0.0135. The Balaban J connectivity index is 2.18. The van der Waals surface area contributed by atoms with E-state index >= 15 is 0 Å². The molecular formula is C17H27N3O4. The molecule has 1 aliphatic rings. The van der Waals surface area contributed by atoms with Gasteiger partial charge >= 0.3 is 12.2 Å². The van der Waals surface area contributed by atoms with Crippen molar-refractivity contribution in [3.05, 3.63) is 17.5 Å². The Kier molecular flexibility index (Phi) is 4.65. The van der Waals surface area contributed by atoms with Crippen LogP contribution in [0.1, 0.15) is 59.7 Å². The molecule has 0 N–H and O–H groups in total. The third kappa shape index (κ3) is 4.27. The fourth-order valence-corrected chi connectivity index (χ4v) is 2.51. The lowest BCUT2D eigenvalue weighted by Crippen LogP contribution is -2.45. The second-order valence-corrected chi connectivity index (χ2v) is 8.17. The number of nitrogens with zero attached hydrogens (tertiary/aromatic N) is 3. The fourth-order valence-electron chi connectivity index (χ4n) is 2.51. The molecule has 0 aliphatic carbocycles. The molecular weight excluding hydrogens is 310 g/mol. The summed E-state index contributed by atoms with van der Waals surface area (Å²) in [6.45, 7) is 13.3. The van der Waals surface area contributed by atoms with Gasteiger partial charge in [-0.2, -0.15) is 9.78 Å². The van der Waals surface area contributed by atoms with Gasteiger partial charge in [-0.3, -0.25) is 0 Å². The number of carbonyl (C=O) groups excluding carboxylic acids is 2. The molecule has 1 aromatic heterocycles. The van der Waals surface area contributed by atoms with E-state index in [9.17, 15) is 9.59 Å². The van der Waals surface area contributed by atoms with Crippen molar-refractivity contribution in [2.75, 3.05) is 0 Å². The summed E-state index contributed by atoms with van der Waals surface area (Å²) in [4.78, 5) is 26.3. The predicted molar refractivity (Wildman–Crippen MR) is 88.8 cm³/mol. The third-order valence-corrected chi connectivity index (χ3v) is 3.51. The summed E-state index contributed by atoms with van der Waals surface area (Å²) < 4.78 is 12.1. The van der Waals surface area contributed by atoms with E-state index in [1.807, 2.05) is 48.5 Å². The van der Waals surface area contributed by atoms with Crippen molar-refractivity contribution >= 4 is 12.2 Å². The first kappa shape index (κ1) is 18.3. The van der Waals surface area contributed by atoms with E-state index in [2.05, 4.69) is 5.10 Å². The normalized spacial score (nSPS) is 18.1. The van der Waals surface area contributed by atoms with E-state index in [1.54, 1.807) is 11.1 Å². The van der Waals surface area contributed by atoms with E-state index in [0.29, 0.717) is 13.0 Å². The molecule has 1 aromatic rings. The van der Waals surface area contributed by atoms with Crippen molar-refractivity contribution < 1.29 is 19.1 Å². The molecule has 24 heavy (non-hydrogen) atoms. The maximum Gasteiger partial charge on any atom is 0.435 e. The molecule has 2 heterocycles. The van der Waals surface area contributed by atoms with Gasteiger partial charge in [0, 0.05) is 18.0 Å². The van der Waals surface area contributed by atoms with Crippen molar-refractivity contribution in [1.82, 2.24) is 14.7 Å². The highest BCUT2D eigenvalue weighted by Crippen LogP contribution is 2.25. The highest BCUT2D eigenvalue weighted by molar-refractivity contribution is 5.72. The lowest BCUT2D eigenvalue weighted by Gasteiger charge is -2.35. The monoisotopic (exact) mass is 337 g/mol. The van der Waals surface area contributed by atoms with Gasteiger partial charge in [-0.25, -0.2) is 9.59 Å². The summed E-state index contributed by atoms with van der Waals surface area (Å²) in [5.74, 6) is 0. The predicted octanol–water partition coefficient (Wildman–Crippen LogP) is 3.35. The lowest BCUT2D eigenvalue weighted by atomic mass is 10.0. The number of hydrogen-bond donors (Lipinski definition) is 0. The Morgan fingerprint density at radius 1 is 1.08 bits per heavy atom. The van der Waals surface area contributed by atoms with Crippen molar-refractivity contribution in [1.29, 1.82) is 0 Å². The molecule has 0 spiro atoms. The smallest absolute Gasteiger partial charge is 0.435 e. The van der Waals surface area contributed by atoms with Crippen LogP contribution in [0.25, 0.3) is 0 Å². The van der Waals surface area contributed by atoms with Crippen molar-refractivity contribution in [2.24, 2.45) is 0 Å². The first-order chi connectivity index (χ1) is 10.9. The number of rotatable bonds is 0. The van der Waals surface area contributed by atoms with Crippen molar-refractivity contribution in [2.45, 2.75) is 78.7 Å². The second kappa shape index (κ2) is 6.11. The van der Waals surface area contributed by atoms with E-state index in [1.165, 1.54) is 4.68 Å². The molecule has 134 valence electrons. The SMILES string of the molecule is CC1Cc2c(cnn2C(=O)OC(C)(C)C)CN1C(=O)OC(C)(C)C. The van der Waals surface area contributed by atoms with Crippen LogP contribution < -0.4 is 0 Å². The molecule has 0 fully saturated rings. The molecule has 0 radical (unpaired) electrons. The Hall–Kier alpha value is -2.05. The zero-order chi connectivity index (χ0) is 18.3.